The number of amides is 2. The molecule has 0 atom stereocenters. The zero-order chi connectivity index (χ0) is 23.4. The molecule has 3 aromatic rings. The van der Waals surface area contributed by atoms with Crippen LogP contribution in [0.3, 0.4) is 0 Å². The minimum atomic E-state index is -0.501. The summed E-state index contributed by atoms with van der Waals surface area (Å²) in [4.78, 5) is 37.1. The Bertz CT molecular complexity index is 1080. The second-order valence-corrected chi connectivity index (χ2v) is 9.57. The van der Waals surface area contributed by atoms with Gasteiger partial charge in [0.25, 0.3) is 5.22 Å². The minimum absolute atomic E-state index is 0.170. The van der Waals surface area contributed by atoms with Gasteiger partial charge >= 0.3 is 6.09 Å². The van der Waals surface area contributed by atoms with Crippen LogP contribution in [0.15, 0.2) is 52.2 Å². The van der Waals surface area contributed by atoms with Gasteiger partial charge in [0.2, 0.25) is 5.91 Å². The molecular weight excluding hydrogens is 442 g/mol. The fraction of sp³-hybridized carbons (Fsp3) is 0.391. The van der Waals surface area contributed by atoms with Crippen molar-refractivity contribution in [3.63, 3.8) is 0 Å². The lowest BCUT2D eigenvalue weighted by atomic mass is 10.2. The molecule has 4 rings (SSSR count). The zero-order valence-electron chi connectivity index (χ0n) is 18.9. The summed E-state index contributed by atoms with van der Waals surface area (Å²) < 4.78 is 11.1. The average Bonchev–Trinajstić information content (AvgIpc) is 3.20. The molecule has 0 unspecified atom stereocenters. The summed E-state index contributed by atoms with van der Waals surface area (Å²) >= 11 is 1.24. The summed E-state index contributed by atoms with van der Waals surface area (Å²) in [5.41, 5.74) is 1.91. The molecule has 0 bridgehead atoms. The number of rotatable bonds is 5. The van der Waals surface area contributed by atoms with E-state index in [0.29, 0.717) is 42.8 Å². The maximum absolute atomic E-state index is 12.3. The quantitative estimate of drug-likeness (QED) is 0.560. The largest absolute Gasteiger partial charge is 0.444 e. The molecule has 174 valence electrons. The summed E-state index contributed by atoms with van der Waals surface area (Å²) in [5.74, 6) is 0.464. The number of nitrogens with one attached hydrogen (secondary N) is 1. The van der Waals surface area contributed by atoms with Crippen molar-refractivity contribution in [2.24, 2.45) is 0 Å². The molecule has 10 heteroatoms. The SMILES string of the molecule is CC(C)(C)OC(=O)N1CCN(c2ccc(NC(=O)CSc3nc4ccccc4o3)nc2)CC1. The molecule has 0 radical (unpaired) electrons. The Kier molecular flexibility index (Phi) is 6.73. The summed E-state index contributed by atoms with van der Waals surface area (Å²) in [6.07, 6.45) is 1.45. The van der Waals surface area contributed by atoms with Gasteiger partial charge in [0.05, 0.1) is 17.6 Å². The fourth-order valence-corrected chi connectivity index (χ4v) is 3.98. The van der Waals surface area contributed by atoms with E-state index in [4.69, 9.17) is 9.15 Å². The lowest BCUT2D eigenvalue weighted by Crippen LogP contribution is -2.50. The van der Waals surface area contributed by atoms with E-state index in [1.807, 2.05) is 51.1 Å². The van der Waals surface area contributed by atoms with E-state index in [1.165, 1.54) is 11.8 Å². The van der Waals surface area contributed by atoms with Crippen molar-refractivity contribution in [1.29, 1.82) is 0 Å². The first-order chi connectivity index (χ1) is 15.8. The Morgan fingerprint density at radius 3 is 2.55 bits per heavy atom. The molecular formula is C23H27N5O4S. The van der Waals surface area contributed by atoms with Crippen LogP contribution in [0.5, 0.6) is 0 Å². The van der Waals surface area contributed by atoms with Gasteiger partial charge in [-0.15, -0.1) is 0 Å². The van der Waals surface area contributed by atoms with Crippen molar-refractivity contribution in [3.8, 4) is 0 Å². The highest BCUT2D eigenvalue weighted by Gasteiger charge is 2.26. The van der Waals surface area contributed by atoms with Crippen molar-refractivity contribution in [3.05, 3.63) is 42.6 Å². The predicted octanol–water partition coefficient (Wildman–Crippen LogP) is 4.01. The highest BCUT2D eigenvalue weighted by atomic mass is 32.2. The molecule has 1 aliphatic rings. The van der Waals surface area contributed by atoms with Gasteiger partial charge in [0.1, 0.15) is 16.9 Å². The Morgan fingerprint density at radius 1 is 1.12 bits per heavy atom. The van der Waals surface area contributed by atoms with E-state index >= 15 is 0 Å². The van der Waals surface area contributed by atoms with Gasteiger partial charge in [-0.2, -0.15) is 0 Å². The van der Waals surface area contributed by atoms with Gasteiger partial charge in [-0.05, 0) is 45.0 Å². The summed E-state index contributed by atoms with van der Waals surface area (Å²) in [6, 6.07) is 11.2. The van der Waals surface area contributed by atoms with Crippen LogP contribution in [0, 0.1) is 0 Å². The number of piperazine rings is 1. The monoisotopic (exact) mass is 469 g/mol. The second kappa shape index (κ2) is 9.70. The topological polar surface area (TPSA) is 101 Å². The molecule has 1 fully saturated rings. The molecule has 1 N–H and O–H groups in total. The molecule has 1 saturated heterocycles. The van der Waals surface area contributed by atoms with Crippen molar-refractivity contribution in [1.82, 2.24) is 14.9 Å². The third-order valence-electron chi connectivity index (χ3n) is 4.91. The maximum Gasteiger partial charge on any atom is 0.410 e. The van der Waals surface area contributed by atoms with Crippen LogP contribution in [0.2, 0.25) is 0 Å². The standard InChI is InChI=1S/C23H27N5O4S/c1-23(2,3)32-22(30)28-12-10-27(11-13-28)16-8-9-19(24-14-16)26-20(29)15-33-21-25-17-6-4-5-7-18(17)31-21/h4-9,14H,10-13,15H2,1-3H3,(H,24,26,29). The number of oxazole rings is 1. The summed E-state index contributed by atoms with van der Waals surface area (Å²) in [6.45, 7) is 8.13. The lowest BCUT2D eigenvalue weighted by Gasteiger charge is -2.36. The van der Waals surface area contributed by atoms with Gasteiger partial charge in [-0.3, -0.25) is 4.79 Å². The first kappa shape index (κ1) is 22.9. The highest BCUT2D eigenvalue weighted by molar-refractivity contribution is 7.99. The molecule has 2 amide bonds. The smallest absolute Gasteiger partial charge is 0.410 e. The number of para-hydroxylation sites is 2. The van der Waals surface area contributed by atoms with Crippen molar-refractivity contribution in [2.45, 2.75) is 31.6 Å². The number of nitrogens with zero attached hydrogens (tertiary/aromatic N) is 4. The van der Waals surface area contributed by atoms with E-state index in [-0.39, 0.29) is 17.8 Å². The summed E-state index contributed by atoms with van der Waals surface area (Å²) in [7, 11) is 0. The van der Waals surface area contributed by atoms with Crippen molar-refractivity contribution >= 4 is 46.4 Å². The number of hydrogen-bond donors (Lipinski definition) is 1. The van der Waals surface area contributed by atoms with E-state index in [9.17, 15) is 9.59 Å². The number of fused-ring (bicyclic) bond motifs is 1. The minimum Gasteiger partial charge on any atom is -0.444 e. The lowest BCUT2D eigenvalue weighted by molar-refractivity contribution is -0.113. The predicted molar refractivity (Wildman–Crippen MR) is 128 cm³/mol. The Balaban J connectivity index is 1.24. The third-order valence-corrected chi connectivity index (χ3v) is 5.74. The number of ether oxygens (including phenoxy) is 1. The molecule has 0 aliphatic carbocycles. The molecule has 33 heavy (non-hydrogen) atoms. The Hall–Kier alpha value is -3.27. The van der Waals surface area contributed by atoms with Gasteiger partial charge in [-0.25, -0.2) is 14.8 Å². The number of anilines is 2. The fourth-order valence-electron chi connectivity index (χ4n) is 3.34. The second-order valence-electron chi connectivity index (χ2n) is 8.64. The number of carbonyl (C=O) groups is 2. The number of pyridine rings is 1. The molecule has 1 aliphatic heterocycles. The highest BCUT2D eigenvalue weighted by Crippen LogP contribution is 2.23. The molecule has 2 aromatic heterocycles. The Labute approximate surface area is 196 Å². The average molecular weight is 470 g/mol. The molecule has 3 heterocycles. The van der Waals surface area contributed by atoms with Gasteiger partial charge in [-0.1, -0.05) is 23.9 Å². The van der Waals surface area contributed by atoms with Crippen LogP contribution in [0.25, 0.3) is 11.1 Å². The number of thioether (sulfide) groups is 1. The number of carbonyl (C=O) groups excluding carboxylic acids is 2. The van der Waals surface area contributed by atoms with E-state index in [1.54, 1.807) is 17.2 Å². The van der Waals surface area contributed by atoms with Crippen LogP contribution in [-0.4, -0.2) is 64.4 Å². The number of aromatic nitrogens is 2. The molecule has 0 spiro atoms. The van der Waals surface area contributed by atoms with E-state index in [2.05, 4.69) is 20.2 Å². The Morgan fingerprint density at radius 2 is 1.88 bits per heavy atom. The maximum atomic E-state index is 12.3. The van der Waals surface area contributed by atoms with E-state index < -0.39 is 5.60 Å². The first-order valence-corrected chi connectivity index (χ1v) is 11.7. The molecule has 1 aromatic carbocycles. The number of benzene rings is 1. The molecule has 9 nitrogen and oxygen atoms in total. The van der Waals surface area contributed by atoms with Crippen molar-refractivity contribution in [2.75, 3.05) is 42.1 Å². The van der Waals surface area contributed by atoms with Gasteiger partial charge in [0, 0.05) is 26.2 Å². The van der Waals surface area contributed by atoms with Crippen LogP contribution in [0.4, 0.5) is 16.3 Å². The van der Waals surface area contributed by atoms with Gasteiger partial charge < -0.3 is 24.3 Å². The first-order valence-electron chi connectivity index (χ1n) is 10.7. The zero-order valence-corrected chi connectivity index (χ0v) is 19.7. The van der Waals surface area contributed by atoms with Crippen LogP contribution in [0.1, 0.15) is 20.8 Å². The van der Waals surface area contributed by atoms with Crippen molar-refractivity contribution < 1.29 is 18.7 Å². The third kappa shape index (κ3) is 6.16. The number of hydrogen-bond acceptors (Lipinski definition) is 8. The summed E-state index contributed by atoms with van der Waals surface area (Å²) in [5, 5.41) is 3.25. The van der Waals surface area contributed by atoms with Crippen LogP contribution in [-0.2, 0) is 9.53 Å². The van der Waals surface area contributed by atoms with Crippen LogP contribution < -0.4 is 10.2 Å². The van der Waals surface area contributed by atoms with Crippen LogP contribution >= 0.6 is 11.8 Å². The van der Waals surface area contributed by atoms with Gasteiger partial charge in [0.15, 0.2) is 5.58 Å². The normalized spacial score (nSPS) is 14.4. The van der Waals surface area contributed by atoms with E-state index in [0.717, 1.165) is 11.2 Å². The molecule has 0 saturated carbocycles.